The van der Waals surface area contributed by atoms with Crippen LogP contribution in [0.15, 0.2) is 54.9 Å². The fraction of sp³-hybridized carbons (Fsp3) is 0.227. The van der Waals surface area contributed by atoms with E-state index in [0.717, 1.165) is 33.7 Å². The highest BCUT2D eigenvalue weighted by Gasteiger charge is 2.17. The number of aryl methyl sites for hydroxylation is 3. The molecule has 0 aliphatic carbocycles. The van der Waals surface area contributed by atoms with Gasteiger partial charge in [0, 0.05) is 24.6 Å². The molecule has 142 valence electrons. The Morgan fingerprint density at radius 2 is 1.79 bits per heavy atom. The molecule has 0 spiro atoms. The first-order valence-corrected chi connectivity index (χ1v) is 9.31. The number of hydrogen-bond donors (Lipinski definition) is 1. The first-order chi connectivity index (χ1) is 13.5. The van der Waals surface area contributed by atoms with Crippen LogP contribution in [0.1, 0.15) is 22.4 Å². The number of rotatable bonds is 5. The maximum Gasteiger partial charge on any atom is 0.242 e. The largest absolute Gasteiger partial charge is 0.350 e. The lowest BCUT2D eigenvalue weighted by Crippen LogP contribution is -2.27. The van der Waals surface area contributed by atoms with Gasteiger partial charge in [0.25, 0.3) is 0 Å². The second-order valence-electron chi connectivity index (χ2n) is 7.11. The lowest BCUT2D eigenvalue weighted by molar-refractivity contribution is -0.121. The minimum absolute atomic E-state index is 0.0926. The number of nitrogens with zero attached hydrogens (tertiary/aromatic N) is 4. The van der Waals surface area contributed by atoms with Gasteiger partial charge in [-0.25, -0.2) is 9.67 Å². The van der Waals surface area contributed by atoms with E-state index < -0.39 is 0 Å². The van der Waals surface area contributed by atoms with Gasteiger partial charge in [0.15, 0.2) is 11.5 Å². The molecule has 0 fully saturated rings. The van der Waals surface area contributed by atoms with E-state index in [9.17, 15) is 4.79 Å². The Balaban J connectivity index is 1.61. The minimum Gasteiger partial charge on any atom is -0.350 e. The van der Waals surface area contributed by atoms with Gasteiger partial charge in [0.05, 0.1) is 5.39 Å². The lowest BCUT2D eigenvalue weighted by atomic mass is 10.1. The summed E-state index contributed by atoms with van der Waals surface area (Å²) in [6, 6.07) is 14.1. The van der Waals surface area contributed by atoms with Crippen LogP contribution in [0.25, 0.3) is 16.9 Å². The van der Waals surface area contributed by atoms with Crippen LogP contribution in [-0.2, 0) is 17.9 Å². The Morgan fingerprint density at radius 3 is 2.50 bits per heavy atom. The van der Waals surface area contributed by atoms with Crippen LogP contribution in [0.3, 0.4) is 0 Å². The number of carbonyl (C=O) groups excluding carboxylic acids is 1. The van der Waals surface area contributed by atoms with Crippen molar-refractivity contribution in [2.45, 2.75) is 33.9 Å². The average Bonchev–Trinajstić information content (AvgIpc) is 3.30. The zero-order valence-corrected chi connectivity index (χ0v) is 16.3. The minimum atomic E-state index is -0.0926. The van der Waals surface area contributed by atoms with Crippen LogP contribution >= 0.6 is 0 Å². The van der Waals surface area contributed by atoms with E-state index in [-0.39, 0.29) is 12.5 Å². The van der Waals surface area contributed by atoms with Crippen molar-refractivity contribution in [1.29, 1.82) is 0 Å². The van der Waals surface area contributed by atoms with Crippen molar-refractivity contribution in [3.8, 4) is 5.82 Å². The Bertz CT molecular complexity index is 1120. The summed E-state index contributed by atoms with van der Waals surface area (Å²) in [5.74, 6) is 0.696. The average molecular weight is 373 g/mol. The van der Waals surface area contributed by atoms with Gasteiger partial charge in [0.2, 0.25) is 5.91 Å². The van der Waals surface area contributed by atoms with Crippen LogP contribution < -0.4 is 5.32 Å². The SMILES string of the molecule is Cc1ccc(CNC(=O)Cn2nc(-n3cccc3)c3c(C)cc(C)nc32)cc1. The number of fused-ring (bicyclic) bond motifs is 1. The molecule has 6 heteroatoms. The molecule has 0 radical (unpaired) electrons. The van der Waals surface area contributed by atoms with Crippen LogP contribution in [0.4, 0.5) is 0 Å². The maximum atomic E-state index is 12.6. The summed E-state index contributed by atoms with van der Waals surface area (Å²) in [7, 11) is 0. The van der Waals surface area contributed by atoms with Crippen molar-refractivity contribution in [1.82, 2.24) is 24.6 Å². The number of amides is 1. The summed E-state index contributed by atoms with van der Waals surface area (Å²) >= 11 is 0. The Labute approximate surface area is 163 Å². The third-order valence-electron chi connectivity index (χ3n) is 4.76. The first kappa shape index (κ1) is 18.0. The van der Waals surface area contributed by atoms with Crippen molar-refractivity contribution >= 4 is 16.9 Å². The quantitative estimate of drug-likeness (QED) is 0.583. The van der Waals surface area contributed by atoms with E-state index in [1.807, 2.05) is 80.2 Å². The molecule has 0 saturated heterocycles. The smallest absolute Gasteiger partial charge is 0.242 e. The van der Waals surface area contributed by atoms with Crippen LogP contribution in [-0.4, -0.2) is 25.2 Å². The third-order valence-corrected chi connectivity index (χ3v) is 4.76. The number of carbonyl (C=O) groups is 1. The molecule has 0 unspecified atom stereocenters. The van der Waals surface area contributed by atoms with Gasteiger partial charge in [-0.3, -0.25) is 4.79 Å². The normalized spacial score (nSPS) is 11.1. The van der Waals surface area contributed by atoms with Crippen molar-refractivity contribution < 1.29 is 4.79 Å². The van der Waals surface area contributed by atoms with Gasteiger partial charge < -0.3 is 9.88 Å². The van der Waals surface area contributed by atoms with Gasteiger partial charge >= 0.3 is 0 Å². The first-order valence-electron chi connectivity index (χ1n) is 9.31. The predicted molar refractivity (Wildman–Crippen MR) is 109 cm³/mol. The van der Waals surface area contributed by atoms with Crippen molar-refractivity contribution in [3.63, 3.8) is 0 Å². The molecule has 1 aromatic carbocycles. The molecule has 4 aromatic rings. The van der Waals surface area contributed by atoms with Crippen LogP contribution in [0.2, 0.25) is 0 Å². The number of aromatic nitrogens is 4. The van der Waals surface area contributed by atoms with E-state index >= 15 is 0 Å². The second-order valence-corrected chi connectivity index (χ2v) is 7.11. The summed E-state index contributed by atoms with van der Waals surface area (Å²) in [5, 5.41) is 8.63. The molecule has 0 bridgehead atoms. The molecule has 0 aliphatic heterocycles. The molecule has 0 aliphatic rings. The molecule has 0 saturated carbocycles. The summed E-state index contributed by atoms with van der Waals surface area (Å²) in [4.78, 5) is 17.2. The molecule has 1 amide bonds. The summed E-state index contributed by atoms with van der Waals surface area (Å²) < 4.78 is 3.64. The lowest BCUT2D eigenvalue weighted by Gasteiger charge is -2.07. The van der Waals surface area contributed by atoms with Gasteiger partial charge in [0.1, 0.15) is 6.54 Å². The Morgan fingerprint density at radius 1 is 1.07 bits per heavy atom. The van der Waals surface area contributed by atoms with Crippen LogP contribution in [0, 0.1) is 20.8 Å². The topological polar surface area (TPSA) is 64.7 Å². The standard InChI is InChI=1S/C22H23N5O/c1-15-6-8-18(9-7-15)13-23-19(28)14-27-21-20(16(2)12-17(3)24-21)22(25-27)26-10-4-5-11-26/h4-12H,13-14H2,1-3H3,(H,23,28). The van der Waals surface area contributed by atoms with Crippen molar-refractivity contribution in [3.05, 3.63) is 77.2 Å². The molecule has 3 heterocycles. The summed E-state index contributed by atoms with van der Waals surface area (Å²) in [6.45, 7) is 6.67. The highest BCUT2D eigenvalue weighted by molar-refractivity contribution is 5.88. The fourth-order valence-electron chi connectivity index (χ4n) is 3.36. The van der Waals surface area contributed by atoms with E-state index in [0.29, 0.717) is 6.54 Å². The maximum absolute atomic E-state index is 12.6. The van der Waals surface area contributed by atoms with E-state index in [2.05, 4.69) is 10.3 Å². The summed E-state index contributed by atoms with van der Waals surface area (Å²) in [5.41, 5.74) is 5.00. The van der Waals surface area contributed by atoms with Gasteiger partial charge in [-0.15, -0.1) is 0 Å². The van der Waals surface area contributed by atoms with Crippen molar-refractivity contribution in [2.24, 2.45) is 0 Å². The predicted octanol–water partition coefficient (Wildman–Crippen LogP) is 3.46. The second kappa shape index (κ2) is 7.31. The molecule has 4 rings (SSSR count). The fourth-order valence-corrected chi connectivity index (χ4v) is 3.36. The number of benzene rings is 1. The van der Waals surface area contributed by atoms with Gasteiger partial charge in [-0.05, 0) is 50.1 Å². The molecule has 6 nitrogen and oxygen atoms in total. The third kappa shape index (κ3) is 3.53. The van der Waals surface area contributed by atoms with Crippen molar-refractivity contribution in [2.75, 3.05) is 0 Å². The number of pyridine rings is 1. The van der Waals surface area contributed by atoms with Crippen LogP contribution in [0.5, 0.6) is 0 Å². The monoisotopic (exact) mass is 373 g/mol. The Kier molecular flexibility index (Phi) is 4.69. The number of nitrogens with one attached hydrogen (secondary N) is 1. The molecule has 1 N–H and O–H groups in total. The van der Waals surface area contributed by atoms with Gasteiger partial charge in [-0.1, -0.05) is 29.8 Å². The van der Waals surface area contributed by atoms with E-state index in [1.165, 1.54) is 5.56 Å². The Hall–Kier alpha value is -3.41. The highest BCUT2D eigenvalue weighted by atomic mass is 16.2. The molecular formula is C22H23N5O. The van der Waals surface area contributed by atoms with E-state index in [1.54, 1.807) is 4.68 Å². The molecular weight excluding hydrogens is 350 g/mol. The van der Waals surface area contributed by atoms with E-state index in [4.69, 9.17) is 5.10 Å². The molecule has 0 atom stereocenters. The summed E-state index contributed by atoms with van der Waals surface area (Å²) in [6.07, 6.45) is 3.89. The molecule has 3 aromatic heterocycles. The molecule has 28 heavy (non-hydrogen) atoms. The van der Waals surface area contributed by atoms with Gasteiger partial charge in [-0.2, -0.15) is 5.10 Å². The zero-order chi connectivity index (χ0) is 19.7. The zero-order valence-electron chi connectivity index (χ0n) is 16.3. The number of hydrogen-bond acceptors (Lipinski definition) is 3. The highest BCUT2D eigenvalue weighted by Crippen LogP contribution is 2.25.